The van der Waals surface area contributed by atoms with Gasteiger partial charge in [0.1, 0.15) is 5.69 Å². The highest BCUT2D eigenvalue weighted by atomic mass is 16.1. The van der Waals surface area contributed by atoms with Gasteiger partial charge in [0.15, 0.2) is 0 Å². The van der Waals surface area contributed by atoms with E-state index in [1.165, 1.54) is 0 Å². The van der Waals surface area contributed by atoms with E-state index in [4.69, 9.17) is 0 Å². The summed E-state index contributed by atoms with van der Waals surface area (Å²) in [7, 11) is 0. The van der Waals surface area contributed by atoms with Crippen molar-refractivity contribution in [1.29, 1.82) is 0 Å². The first-order valence-corrected chi connectivity index (χ1v) is 6.86. The minimum atomic E-state index is -0.132. The van der Waals surface area contributed by atoms with Crippen LogP contribution in [0.4, 0.5) is 0 Å². The van der Waals surface area contributed by atoms with Crippen molar-refractivity contribution in [2.24, 2.45) is 0 Å². The van der Waals surface area contributed by atoms with E-state index in [9.17, 15) is 9.59 Å². The lowest BCUT2D eigenvalue weighted by Gasteiger charge is -2.11. The van der Waals surface area contributed by atoms with E-state index in [1.54, 1.807) is 11.5 Å². The molecule has 2 aromatic rings. The smallest absolute Gasteiger partial charge is 0.272 e. The third-order valence-corrected chi connectivity index (χ3v) is 3.15. The summed E-state index contributed by atoms with van der Waals surface area (Å²) in [6, 6.07) is 7.48. The molecule has 1 aromatic carbocycles. The van der Waals surface area contributed by atoms with Gasteiger partial charge in [0.05, 0.1) is 11.0 Å². The van der Waals surface area contributed by atoms with Gasteiger partial charge in [0.25, 0.3) is 5.56 Å². The molecule has 0 saturated heterocycles. The molecular weight excluding hydrogens is 254 g/mol. The fourth-order valence-corrected chi connectivity index (χ4v) is 2.11. The van der Waals surface area contributed by atoms with Crippen LogP contribution in [0, 0.1) is 6.92 Å². The average Bonchev–Trinajstić information content (AvgIpc) is 2.45. The van der Waals surface area contributed by atoms with Crippen LogP contribution in [0.5, 0.6) is 0 Å². The Morgan fingerprint density at radius 3 is 2.85 bits per heavy atom. The summed E-state index contributed by atoms with van der Waals surface area (Å²) >= 11 is 0. The van der Waals surface area contributed by atoms with Crippen LogP contribution >= 0.6 is 0 Å². The molecule has 1 N–H and O–H groups in total. The van der Waals surface area contributed by atoms with E-state index in [0.29, 0.717) is 25.2 Å². The highest BCUT2D eigenvalue weighted by Crippen LogP contribution is 2.10. The average molecular weight is 273 g/mol. The number of nitrogens with zero attached hydrogens (tertiary/aromatic N) is 2. The Balaban J connectivity index is 2.27. The first-order chi connectivity index (χ1) is 9.63. The molecule has 1 heterocycles. The molecule has 0 aliphatic heterocycles. The Morgan fingerprint density at radius 2 is 2.10 bits per heavy atom. The predicted octanol–water partition coefficient (Wildman–Crippen LogP) is 1.62. The Morgan fingerprint density at radius 1 is 1.35 bits per heavy atom. The summed E-state index contributed by atoms with van der Waals surface area (Å²) in [5.74, 6) is -0.0303. The van der Waals surface area contributed by atoms with Crippen LogP contribution in [0.1, 0.15) is 25.5 Å². The summed E-state index contributed by atoms with van der Waals surface area (Å²) in [6.45, 7) is 4.75. The number of carbonyl (C=O) groups excluding carboxylic acids is 1. The van der Waals surface area contributed by atoms with Gasteiger partial charge < -0.3 is 9.88 Å². The van der Waals surface area contributed by atoms with Crippen molar-refractivity contribution in [3.63, 3.8) is 0 Å². The van der Waals surface area contributed by atoms with Crippen LogP contribution in [-0.4, -0.2) is 22.0 Å². The number of amides is 1. The van der Waals surface area contributed by atoms with Crippen LogP contribution in [0.2, 0.25) is 0 Å². The maximum atomic E-state index is 12.2. The molecule has 0 atom stereocenters. The van der Waals surface area contributed by atoms with Crippen molar-refractivity contribution in [2.45, 2.75) is 33.2 Å². The van der Waals surface area contributed by atoms with Gasteiger partial charge in [-0.15, -0.1) is 0 Å². The number of nitrogens with one attached hydrogen (secondary N) is 1. The zero-order valence-corrected chi connectivity index (χ0v) is 11.8. The van der Waals surface area contributed by atoms with Gasteiger partial charge in [-0.3, -0.25) is 9.59 Å². The molecule has 0 bridgehead atoms. The summed E-state index contributed by atoms with van der Waals surface area (Å²) < 4.78 is 1.63. The second-order valence-corrected chi connectivity index (χ2v) is 4.74. The monoisotopic (exact) mass is 273 g/mol. The lowest BCUT2D eigenvalue weighted by atomic mass is 10.2. The van der Waals surface area contributed by atoms with Gasteiger partial charge in [-0.25, -0.2) is 4.98 Å². The van der Waals surface area contributed by atoms with E-state index >= 15 is 0 Å². The van der Waals surface area contributed by atoms with Crippen molar-refractivity contribution in [2.75, 3.05) is 6.54 Å². The van der Waals surface area contributed by atoms with Gasteiger partial charge in [-0.1, -0.05) is 19.1 Å². The largest absolute Gasteiger partial charge is 0.356 e. The molecule has 0 spiro atoms. The molecule has 5 nitrogen and oxygen atoms in total. The van der Waals surface area contributed by atoms with Gasteiger partial charge in [0, 0.05) is 19.5 Å². The standard InChI is InChI=1S/C15H19N3O2/c1-3-9-16-14(19)8-10-18-13-7-5-4-6-12(13)17-11(2)15(18)20/h4-7H,3,8-10H2,1-2H3,(H,16,19). The molecule has 0 radical (unpaired) electrons. The maximum absolute atomic E-state index is 12.2. The van der Waals surface area contributed by atoms with Crippen molar-refractivity contribution < 1.29 is 4.79 Å². The molecule has 0 unspecified atom stereocenters. The molecule has 0 fully saturated rings. The zero-order valence-electron chi connectivity index (χ0n) is 11.8. The number of hydrogen-bond acceptors (Lipinski definition) is 3. The molecule has 0 saturated carbocycles. The molecule has 0 aliphatic carbocycles. The number of hydrogen-bond donors (Lipinski definition) is 1. The Kier molecular flexibility index (Phi) is 4.50. The molecule has 0 aliphatic rings. The Bertz CT molecular complexity index is 676. The van der Waals surface area contributed by atoms with E-state index in [0.717, 1.165) is 17.5 Å². The van der Waals surface area contributed by atoms with Crippen molar-refractivity contribution in [3.8, 4) is 0 Å². The predicted molar refractivity (Wildman–Crippen MR) is 78.7 cm³/mol. The molecule has 1 amide bonds. The number of carbonyl (C=O) groups is 1. The van der Waals surface area contributed by atoms with Crippen molar-refractivity contribution >= 4 is 16.9 Å². The van der Waals surface area contributed by atoms with E-state index < -0.39 is 0 Å². The number of benzene rings is 1. The van der Waals surface area contributed by atoms with Gasteiger partial charge in [-0.05, 0) is 25.5 Å². The number of fused-ring (bicyclic) bond motifs is 1. The number of aryl methyl sites for hydroxylation is 2. The van der Waals surface area contributed by atoms with Crippen LogP contribution in [-0.2, 0) is 11.3 Å². The molecule has 20 heavy (non-hydrogen) atoms. The van der Waals surface area contributed by atoms with Gasteiger partial charge >= 0.3 is 0 Å². The third-order valence-electron chi connectivity index (χ3n) is 3.15. The van der Waals surface area contributed by atoms with Crippen LogP contribution < -0.4 is 10.9 Å². The van der Waals surface area contributed by atoms with Crippen LogP contribution in [0.3, 0.4) is 0 Å². The Hall–Kier alpha value is -2.17. The quantitative estimate of drug-likeness (QED) is 0.900. The third kappa shape index (κ3) is 3.04. The second-order valence-electron chi connectivity index (χ2n) is 4.74. The summed E-state index contributed by atoms with van der Waals surface area (Å²) in [5.41, 5.74) is 1.87. The molecular formula is C15H19N3O2. The highest BCUT2D eigenvalue weighted by molar-refractivity contribution is 5.77. The summed E-state index contributed by atoms with van der Waals surface area (Å²) in [4.78, 5) is 28.1. The highest BCUT2D eigenvalue weighted by Gasteiger charge is 2.09. The summed E-state index contributed by atoms with van der Waals surface area (Å²) in [6.07, 6.45) is 1.20. The maximum Gasteiger partial charge on any atom is 0.272 e. The van der Waals surface area contributed by atoms with E-state index in [2.05, 4.69) is 10.3 Å². The van der Waals surface area contributed by atoms with E-state index in [-0.39, 0.29) is 11.5 Å². The van der Waals surface area contributed by atoms with Crippen molar-refractivity contribution in [1.82, 2.24) is 14.9 Å². The van der Waals surface area contributed by atoms with Gasteiger partial charge in [-0.2, -0.15) is 0 Å². The second kappa shape index (κ2) is 6.32. The lowest BCUT2D eigenvalue weighted by Crippen LogP contribution is -2.29. The molecule has 2 rings (SSSR count). The minimum Gasteiger partial charge on any atom is -0.356 e. The fraction of sp³-hybridized carbons (Fsp3) is 0.400. The molecule has 1 aromatic heterocycles. The normalized spacial score (nSPS) is 10.7. The minimum absolute atomic E-state index is 0.0303. The first kappa shape index (κ1) is 14.2. The topological polar surface area (TPSA) is 64.0 Å². The van der Waals surface area contributed by atoms with Gasteiger partial charge in [0.2, 0.25) is 5.91 Å². The zero-order chi connectivity index (χ0) is 14.5. The van der Waals surface area contributed by atoms with Crippen LogP contribution in [0.25, 0.3) is 11.0 Å². The van der Waals surface area contributed by atoms with Crippen LogP contribution in [0.15, 0.2) is 29.1 Å². The number of aromatic nitrogens is 2. The fourth-order valence-electron chi connectivity index (χ4n) is 2.11. The SMILES string of the molecule is CCCNC(=O)CCn1c(=O)c(C)nc2ccccc21. The summed E-state index contributed by atoms with van der Waals surface area (Å²) in [5, 5.41) is 2.81. The Labute approximate surface area is 117 Å². The van der Waals surface area contributed by atoms with Crippen molar-refractivity contribution in [3.05, 3.63) is 40.3 Å². The first-order valence-electron chi connectivity index (χ1n) is 6.86. The van der Waals surface area contributed by atoms with E-state index in [1.807, 2.05) is 31.2 Å². The molecule has 5 heteroatoms. The number of rotatable bonds is 5. The number of para-hydroxylation sites is 2. The molecule has 106 valence electrons. The lowest BCUT2D eigenvalue weighted by molar-refractivity contribution is -0.121.